The van der Waals surface area contributed by atoms with E-state index in [4.69, 9.17) is 16.3 Å². The van der Waals surface area contributed by atoms with Gasteiger partial charge in [-0.05, 0) is 26.0 Å². The van der Waals surface area contributed by atoms with Crippen LogP contribution in [0, 0.1) is 0 Å². The van der Waals surface area contributed by atoms with Crippen molar-refractivity contribution in [1.29, 1.82) is 0 Å². The van der Waals surface area contributed by atoms with E-state index in [1.165, 1.54) is 0 Å². The molecule has 0 bridgehead atoms. The second kappa shape index (κ2) is 4.33. The van der Waals surface area contributed by atoms with E-state index in [9.17, 15) is 0 Å². The van der Waals surface area contributed by atoms with Crippen LogP contribution < -0.4 is 4.90 Å². The zero-order chi connectivity index (χ0) is 10.8. The molecule has 1 aliphatic rings. The van der Waals surface area contributed by atoms with Gasteiger partial charge >= 0.3 is 0 Å². The average Bonchev–Trinajstić information content (AvgIpc) is 2.23. The predicted octanol–water partition coefficient (Wildman–Crippen LogP) is 1.74. The van der Waals surface area contributed by atoms with Gasteiger partial charge in [-0.3, -0.25) is 0 Å². The largest absolute Gasteiger partial charge is 0.375 e. The van der Waals surface area contributed by atoms with Crippen LogP contribution in [0.2, 0.25) is 5.15 Å². The van der Waals surface area contributed by atoms with Gasteiger partial charge in [-0.25, -0.2) is 0 Å². The number of hydrogen-bond donors (Lipinski definition) is 0. The van der Waals surface area contributed by atoms with Crippen molar-refractivity contribution < 1.29 is 4.74 Å². The molecule has 0 saturated carbocycles. The molecule has 2 atom stereocenters. The molecule has 1 fully saturated rings. The molecule has 2 rings (SSSR count). The van der Waals surface area contributed by atoms with E-state index in [0.717, 1.165) is 19.0 Å². The van der Waals surface area contributed by atoms with Gasteiger partial charge in [0, 0.05) is 6.54 Å². The third-order valence-corrected chi connectivity index (χ3v) is 2.72. The molecule has 0 aliphatic carbocycles. The van der Waals surface area contributed by atoms with Crippen LogP contribution in [0.25, 0.3) is 0 Å². The zero-order valence-corrected chi connectivity index (χ0v) is 9.61. The third kappa shape index (κ3) is 2.38. The number of anilines is 1. The van der Waals surface area contributed by atoms with Crippen molar-refractivity contribution in [3.63, 3.8) is 0 Å². The Bertz CT molecular complexity index is 330. The molecule has 0 amide bonds. The first-order valence-electron chi connectivity index (χ1n) is 5.04. The molecule has 1 aromatic rings. The summed E-state index contributed by atoms with van der Waals surface area (Å²) in [4.78, 5) is 2.19. The monoisotopic (exact) mass is 227 g/mol. The minimum Gasteiger partial charge on any atom is -0.375 e. The first kappa shape index (κ1) is 10.6. The van der Waals surface area contributed by atoms with Gasteiger partial charge in [-0.15, -0.1) is 10.2 Å². The fourth-order valence-electron chi connectivity index (χ4n) is 1.68. The van der Waals surface area contributed by atoms with Crippen LogP contribution in [-0.2, 0) is 4.74 Å². The Kier molecular flexibility index (Phi) is 3.07. The van der Waals surface area contributed by atoms with Crippen LogP contribution in [0.4, 0.5) is 5.82 Å². The Labute approximate surface area is 94.2 Å². The summed E-state index contributed by atoms with van der Waals surface area (Å²) in [5.41, 5.74) is 0. The van der Waals surface area contributed by atoms with E-state index in [0.29, 0.717) is 11.2 Å². The maximum Gasteiger partial charge on any atom is 0.151 e. The summed E-state index contributed by atoms with van der Waals surface area (Å²) < 4.78 is 5.55. The lowest BCUT2D eigenvalue weighted by atomic mass is 10.2. The standard InChI is InChI=1S/C10H14ClN3O/c1-7-6-15-8(2)5-14(7)10-4-3-9(11)12-13-10/h3-4,7-8H,5-6H2,1-2H3. The number of halogens is 1. The van der Waals surface area contributed by atoms with E-state index >= 15 is 0 Å². The van der Waals surface area contributed by atoms with E-state index in [1.807, 2.05) is 6.07 Å². The van der Waals surface area contributed by atoms with Crippen molar-refractivity contribution in [2.45, 2.75) is 26.0 Å². The molecule has 0 N–H and O–H groups in total. The summed E-state index contributed by atoms with van der Waals surface area (Å²) in [6.45, 7) is 5.74. The molecule has 2 unspecified atom stereocenters. The smallest absolute Gasteiger partial charge is 0.151 e. The molecular formula is C10H14ClN3O. The Morgan fingerprint density at radius 3 is 2.87 bits per heavy atom. The fourth-order valence-corrected chi connectivity index (χ4v) is 1.79. The number of morpholine rings is 1. The molecule has 1 aliphatic heterocycles. The van der Waals surface area contributed by atoms with Gasteiger partial charge in [0.05, 0.1) is 18.8 Å². The molecule has 15 heavy (non-hydrogen) atoms. The summed E-state index contributed by atoms with van der Waals surface area (Å²) in [7, 11) is 0. The van der Waals surface area contributed by atoms with Gasteiger partial charge in [0.25, 0.3) is 0 Å². The quantitative estimate of drug-likeness (QED) is 0.733. The number of rotatable bonds is 1. The van der Waals surface area contributed by atoms with Gasteiger partial charge in [0.2, 0.25) is 0 Å². The highest BCUT2D eigenvalue weighted by Gasteiger charge is 2.24. The zero-order valence-electron chi connectivity index (χ0n) is 8.85. The maximum absolute atomic E-state index is 5.70. The lowest BCUT2D eigenvalue weighted by Gasteiger charge is -2.37. The molecule has 1 aromatic heterocycles. The van der Waals surface area contributed by atoms with Crippen LogP contribution in [0.1, 0.15) is 13.8 Å². The highest BCUT2D eigenvalue weighted by atomic mass is 35.5. The van der Waals surface area contributed by atoms with Crippen molar-refractivity contribution in [2.24, 2.45) is 0 Å². The number of hydrogen-bond acceptors (Lipinski definition) is 4. The van der Waals surface area contributed by atoms with Crippen molar-refractivity contribution in [3.8, 4) is 0 Å². The first-order valence-corrected chi connectivity index (χ1v) is 5.42. The lowest BCUT2D eigenvalue weighted by molar-refractivity contribution is 0.0340. The maximum atomic E-state index is 5.70. The van der Waals surface area contributed by atoms with Gasteiger partial charge in [-0.1, -0.05) is 11.6 Å². The molecule has 5 heteroatoms. The summed E-state index contributed by atoms with van der Waals surface area (Å²) in [6, 6.07) is 3.98. The summed E-state index contributed by atoms with van der Waals surface area (Å²) in [5, 5.41) is 8.35. The summed E-state index contributed by atoms with van der Waals surface area (Å²) in [5.74, 6) is 0.863. The Balaban J connectivity index is 2.17. The second-order valence-electron chi connectivity index (χ2n) is 3.86. The normalized spacial score (nSPS) is 26.7. The third-order valence-electron chi connectivity index (χ3n) is 2.52. The van der Waals surface area contributed by atoms with Crippen molar-refractivity contribution in [2.75, 3.05) is 18.1 Å². The lowest BCUT2D eigenvalue weighted by Crippen LogP contribution is -2.47. The topological polar surface area (TPSA) is 38.2 Å². The van der Waals surface area contributed by atoms with E-state index in [2.05, 4.69) is 28.9 Å². The van der Waals surface area contributed by atoms with Crippen LogP contribution >= 0.6 is 11.6 Å². The minimum atomic E-state index is 0.235. The molecule has 82 valence electrons. The van der Waals surface area contributed by atoms with Gasteiger partial charge in [-0.2, -0.15) is 0 Å². The van der Waals surface area contributed by atoms with Crippen LogP contribution in [0.15, 0.2) is 12.1 Å². The summed E-state index contributed by atoms with van der Waals surface area (Å²) >= 11 is 5.70. The fraction of sp³-hybridized carbons (Fsp3) is 0.600. The van der Waals surface area contributed by atoms with E-state index in [1.54, 1.807) is 6.07 Å². The number of nitrogens with zero attached hydrogens (tertiary/aromatic N) is 3. The van der Waals surface area contributed by atoms with E-state index in [-0.39, 0.29) is 6.10 Å². The highest BCUT2D eigenvalue weighted by molar-refractivity contribution is 6.29. The van der Waals surface area contributed by atoms with Crippen LogP contribution in [-0.4, -0.2) is 35.5 Å². The molecule has 2 heterocycles. The average molecular weight is 228 g/mol. The summed E-state index contributed by atoms with van der Waals surface area (Å²) in [6.07, 6.45) is 0.235. The molecule has 0 aromatic carbocycles. The number of aromatic nitrogens is 2. The van der Waals surface area contributed by atoms with Gasteiger partial charge < -0.3 is 9.64 Å². The van der Waals surface area contributed by atoms with Crippen LogP contribution in [0.5, 0.6) is 0 Å². The van der Waals surface area contributed by atoms with Crippen LogP contribution in [0.3, 0.4) is 0 Å². The molecular weight excluding hydrogens is 214 g/mol. The highest BCUT2D eigenvalue weighted by Crippen LogP contribution is 2.19. The Morgan fingerprint density at radius 1 is 1.40 bits per heavy atom. The first-order chi connectivity index (χ1) is 7.16. The molecule has 4 nitrogen and oxygen atoms in total. The second-order valence-corrected chi connectivity index (χ2v) is 4.25. The number of ether oxygens (including phenoxy) is 1. The molecule has 0 spiro atoms. The van der Waals surface area contributed by atoms with Crippen molar-refractivity contribution in [3.05, 3.63) is 17.3 Å². The predicted molar refractivity (Wildman–Crippen MR) is 59.3 cm³/mol. The van der Waals surface area contributed by atoms with Gasteiger partial charge in [0.15, 0.2) is 11.0 Å². The Hall–Kier alpha value is -0.870. The van der Waals surface area contributed by atoms with E-state index < -0.39 is 0 Å². The Morgan fingerprint density at radius 2 is 2.20 bits per heavy atom. The molecule has 0 radical (unpaired) electrons. The van der Waals surface area contributed by atoms with Gasteiger partial charge in [0.1, 0.15) is 0 Å². The minimum absolute atomic E-state index is 0.235. The van der Waals surface area contributed by atoms with Crippen molar-refractivity contribution >= 4 is 17.4 Å². The van der Waals surface area contributed by atoms with Crippen molar-refractivity contribution in [1.82, 2.24) is 10.2 Å². The SMILES string of the molecule is CC1CN(c2ccc(Cl)nn2)C(C)CO1. The molecule has 1 saturated heterocycles.